The van der Waals surface area contributed by atoms with Gasteiger partial charge in [-0.1, -0.05) is 34.6 Å². The van der Waals surface area contributed by atoms with E-state index in [2.05, 4.69) is 0 Å². The molecular formula is C37H69NO12. The largest absolute Gasteiger partial charge is 0.459 e. The van der Waals surface area contributed by atoms with Crippen LogP contribution in [0.4, 0.5) is 0 Å². The summed E-state index contributed by atoms with van der Waals surface area (Å²) in [5.74, 6) is -3.48. The van der Waals surface area contributed by atoms with E-state index in [0.717, 1.165) is 0 Å². The van der Waals surface area contributed by atoms with Crippen molar-refractivity contribution in [3.05, 3.63) is 0 Å². The van der Waals surface area contributed by atoms with Crippen molar-refractivity contribution in [3.63, 3.8) is 0 Å². The van der Waals surface area contributed by atoms with Crippen molar-refractivity contribution < 1.29 is 58.7 Å². The maximum absolute atomic E-state index is 14.1. The Labute approximate surface area is 299 Å². The van der Waals surface area contributed by atoms with E-state index in [4.69, 9.17) is 28.4 Å². The highest BCUT2D eigenvalue weighted by atomic mass is 16.7. The van der Waals surface area contributed by atoms with Gasteiger partial charge in [0.1, 0.15) is 23.9 Å². The smallest absolute Gasteiger partial charge is 0.311 e. The fourth-order valence-electron chi connectivity index (χ4n) is 8.52. The number of aliphatic hydroxyl groups is 5. The van der Waals surface area contributed by atoms with Crippen molar-refractivity contribution in [3.8, 4) is 0 Å². The lowest BCUT2D eigenvalue weighted by Crippen LogP contribution is -2.59. The molecule has 0 aromatic heterocycles. The highest BCUT2D eigenvalue weighted by Gasteiger charge is 2.51. The molecule has 0 aromatic carbocycles. The number of hydrogen-bond acceptors (Lipinski definition) is 13. The highest BCUT2D eigenvalue weighted by molar-refractivity contribution is 5.73. The van der Waals surface area contributed by atoms with Crippen LogP contribution in [0.1, 0.15) is 94.9 Å². The van der Waals surface area contributed by atoms with Gasteiger partial charge in [0.25, 0.3) is 0 Å². The molecule has 0 aromatic rings. The summed E-state index contributed by atoms with van der Waals surface area (Å²) in [6.07, 6.45) is -8.19. The standard InChI is InChI=1S/C37H69NO12/c1-14-26-37(10,44)32(41)21(5)28(39)18(2)15-19(3)30(50-35-29(40)25(38(11)12)16-20(4)46-35)22(6)31(23(7)34(43)48-26)49-27-17-36(9,45-13)33(42)24(8)47-27/h18-33,35,39-42,44H,14-17H2,1-13H3/t18-,19?,20?,21+,22?,23?,24?,25?,26?,27+,28+,29-,30+,31?,32-,33+,35?,36-,37-/m1/s1. The quantitative estimate of drug-likeness (QED) is 0.243. The Morgan fingerprint density at radius 1 is 0.840 bits per heavy atom. The summed E-state index contributed by atoms with van der Waals surface area (Å²) in [5.41, 5.74) is -2.85. The molecule has 3 heterocycles. The second-order valence-corrected chi connectivity index (χ2v) is 16.4. The summed E-state index contributed by atoms with van der Waals surface area (Å²) >= 11 is 0. The molecule has 3 rings (SSSR count). The second-order valence-electron chi connectivity index (χ2n) is 16.4. The van der Waals surface area contributed by atoms with Gasteiger partial charge in [0.05, 0.1) is 48.1 Å². The van der Waals surface area contributed by atoms with E-state index in [1.807, 2.05) is 46.7 Å². The van der Waals surface area contributed by atoms with Crippen molar-refractivity contribution in [2.24, 2.45) is 29.6 Å². The summed E-state index contributed by atoms with van der Waals surface area (Å²) in [6, 6.07) is -0.217. The zero-order valence-corrected chi connectivity index (χ0v) is 32.7. The fraction of sp³-hybridized carbons (Fsp3) is 0.973. The molecule has 0 aliphatic carbocycles. The Morgan fingerprint density at radius 2 is 1.46 bits per heavy atom. The lowest BCUT2D eigenvalue weighted by molar-refractivity contribution is -0.309. The fourth-order valence-corrected chi connectivity index (χ4v) is 8.52. The Balaban J connectivity index is 2.13. The average molecular weight is 720 g/mol. The third-order valence-electron chi connectivity index (χ3n) is 12.1. The van der Waals surface area contributed by atoms with Crippen molar-refractivity contribution in [2.45, 2.75) is 180 Å². The zero-order valence-electron chi connectivity index (χ0n) is 32.7. The van der Waals surface area contributed by atoms with Crippen LogP contribution in [0.3, 0.4) is 0 Å². The molecular weight excluding hydrogens is 650 g/mol. The number of nitrogens with zero attached hydrogens (tertiary/aromatic N) is 1. The van der Waals surface area contributed by atoms with E-state index in [-0.39, 0.29) is 36.8 Å². The van der Waals surface area contributed by atoms with Crippen LogP contribution in [-0.4, -0.2) is 142 Å². The lowest BCUT2D eigenvalue weighted by Gasteiger charge is -2.48. The van der Waals surface area contributed by atoms with Crippen LogP contribution in [0.25, 0.3) is 0 Å². The minimum atomic E-state index is -1.86. The molecule has 3 fully saturated rings. The van der Waals surface area contributed by atoms with Crippen LogP contribution in [0, 0.1) is 29.6 Å². The van der Waals surface area contributed by atoms with Gasteiger partial charge < -0.3 is 58.9 Å². The van der Waals surface area contributed by atoms with Gasteiger partial charge >= 0.3 is 5.97 Å². The molecule has 0 amide bonds. The van der Waals surface area contributed by atoms with Gasteiger partial charge in [-0.2, -0.15) is 0 Å². The summed E-state index contributed by atoms with van der Waals surface area (Å²) in [7, 11) is 5.33. The number of esters is 1. The van der Waals surface area contributed by atoms with Gasteiger partial charge in [0, 0.05) is 31.4 Å². The predicted molar refractivity (Wildman–Crippen MR) is 186 cm³/mol. The first-order valence-corrected chi connectivity index (χ1v) is 18.6. The molecule has 3 aliphatic rings. The highest BCUT2D eigenvalue weighted by Crippen LogP contribution is 2.40. The lowest BCUT2D eigenvalue weighted by atomic mass is 9.75. The third-order valence-corrected chi connectivity index (χ3v) is 12.1. The molecule has 19 atom stereocenters. The predicted octanol–water partition coefficient (Wildman–Crippen LogP) is 2.46. The number of aliphatic hydroxyl groups excluding tert-OH is 4. The Bertz CT molecular complexity index is 1080. The van der Waals surface area contributed by atoms with Crippen molar-refractivity contribution in [1.82, 2.24) is 4.90 Å². The van der Waals surface area contributed by atoms with E-state index in [1.165, 1.54) is 14.0 Å². The first-order valence-electron chi connectivity index (χ1n) is 18.6. The van der Waals surface area contributed by atoms with Crippen LogP contribution in [0.2, 0.25) is 0 Å². The Kier molecular flexibility index (Phi) is 15.2. The monoisotopic (exact) mass is 719 g/mol. The molecule has 3 saturated heterocycles. The number of cyclic esters (lactones) is 1. The van der Waals surface area contributed by atoms with Gasteiger partial charge in [-0.05, 0) is 79.8 Å². The van der Waals surface area contributed by atoms with Gasteiger partial charge in [-0.25, -0.2) is 0 Å². The maximum Gasteiger partial charge on any atom is 0.311 e. The molecule has 5 N–H and O–H groups in total. The number of hydrogen-bond donors (Lipinski definition) is 5. The molecule has 13 heteroatoms. The number of methoxy groups -OCH3 is 1. The van der Waals surface area contributed by atoms with Crippen LogP contribution in [-0.2, 0) is 33.2 Å². The van der Waals surface area contributed by atoms with E-state index < -0.39 is 96.3 Å². The number of ether oxygens (including phenoxy) is 6. The molecule has 9 unspecified atom stereocenters. The number of rotatable bonds is 7. The summed E-state index contributed by atoms with van der Waals surface area (Å²) < 4.78 is 37.5. The third kappa shape index (κ3) is 9.39. The minimum Gasteiger partial charge on any atom is -0.459 e. The van der Waals surface area contributed by atoms with E-state index in [1.54, 1.807) is 34.6 Å². The first kappa shape index (κ1) is 43.4. The van der Waals surface area contributed by atoms with Gasteiger partial charge in [0.2, 0.25) is 0 Å². The van der Waals surface area contributed by atoms with E-state index in [9.17, 15) is 30.3 Å². The topological polar surface area (TPSA) is 177 Å². The van der Waals surface area contributed by atoms with Crippen LogP contribution in [0.5, 0.6) is 0 Å². The molecule has 0 radical (unpaired) electrons. The van der Waals surface area contributed by atoms with Crippen molar-refractivity contribution in [2.75, 3.05) is 21.2 Å². The van der Waals surface area contributed by atoms with Crippen molar-refractivity contribution in [1.29, 1.82) is 0 Å². The van der Waals surface area contributed by atoms with Crippen LogP contribution in [0.15, 0.2) is 0 Å². The van der Waals surface area contributed by atoms with Crippen LogP contribution < -0.4 is 0 Å². The first-order chi connectivity index (χ1) is 23.1. The van der Waals surface area contributed by atoms with E-state index in [0.29, 0.717) is 12.8 Å². The zero-order chi connectivity index (χ0) is 38.0. The summed E-state index contributed by atoms with van der Waals surface area (Å²) in [6.45, 7) is 17.8. The summed E-state index contributed by atoms with van der Waals surface area (Å²) in [5, 5.41) is 56.8. The second kappa shape index (κ2) is 17.4. The number of carbonyl (C=O) groups excluding carboxylic acids is 1. The van der Waals surface area contributed by atoms with Gasteiger partial charge in [0.15, 0.2) is 12.6 Å². The minimum absolute atomic E-state index is 0.174. The van der Waals surface area contributed by atoms with E-state index >= 15 is 0 Å². The molecule has 0 bridgehead atoms. The molecule has 0 saturated carbocycles. The summed E-state index contributed by atoms with van der Waals surface area (Å²) in [4.78, 5) is 16.0. The SMILES string of the molecule is CCC1OC(=O)C(C)C(O[C@H]2C[C@@](C)(OC)[C@@H](O)C(C)O2)C(C)[C@@H](OC2OC(C)CC(N(C)C)[C@H]2O)C(C)C[C@@H](C)[C@H](O)[C@H](C)[C@@H](O)[C@]1(C)O. The van der Waals surface area contributed by atoms with Crippen LogP contribution >= 0.6 is 0 Å². The average Bonchev–Trinajstić information content (AvgIpc) is 3.05. The normalized spacial score (nSPS) is 50.5. The molecule has 0 spiro atoms. The Hall–Kier alpha value is -0.970. The Morgan fingerprint density at radius 3 is 2.02 bits per heavy atom. The molecule has 294 valence electrons. The maximum atomic E-state index is 14.1. The number of carbonyl (C=O) groups is 1. The van der Waals surface area contributed by atoms with Crippen molar-refractivity contribution >= 4 is 5.97 Å². The molecule has 50 heavy (non-hydrogen) atoms. The molecule has 13 nitrogen and oxygen atoms in total. The van der Waals surface area contributed by atoms with Gasteiger partial charge in [-0.15, -0.1) is 0 Å². The molecule has 3 aliphatic heterocycles. The van der Waals surface area contributed by atoms with Gasteiger partial charge in [-0.3, -0.25) is 4.79 Å². The number of likely N-dealkylation sites (N-methyl/N-ethyl adjacent to an activating group) is 1.